The number of alkyl halides is 3. The summed E-state index contributed by atoms with van der Waals surface area (Å²) in [7, 11) is 0. The van der Waals surface area contributed by atoms with Crippen LogP contribution in [0.4, 0.5) is 13.2 Å². The Morgan fingerprint density at radius 2 is 2.20 bits per heavy atom. The largest absolute Gasteiger partial charge is 0.443 e. The molecule has 0 radical (unpaired) electrons. The summed E-state index contributed by atoms with van der Waals surface area (Å²) in [5.74, 6) is 1.96. The molecule has 4 unspecified atom stereocenters. The first-order valence-electron chi connectivity index (χ1n) is 7.25. The summed E-state index contributed by atoms with van der Waals surface area (Å²) in [6.07, 6.45) is 2.05. The first-order valence-corrected chi connectivity index (χ1v) is 8.07. The number of rotatable bonds is 4. The monoisotopic (exact) mass is 304 g/mol. The molecule has 0 aromatic carbocycles. The van der Waals surface area contributed by atoms with Gasteiger partial charge in [-0.2, -0.15) is 13.2 Å². The molecule has 20 heavy (non-hydrogen) atoms. The topological polar surface area (TPSA) is 24.9 Å². The van der Waals surface area contributed by atoms with Crippen molar-refractivity contribution in [2.45, 2.75) is 44.8 Å². The van der Waals surface area contributed by atoms with Crippen LogP contribution in [0.2, 0.25) is 0 Å². The molecule has 1 aromatic rings. The maximum atomic E-state index is 12.7. The number of thiazole rings is 1. The zero-order valence-corrected chi connectivity index (χ0v) is 12.2. The molecule has 2 aliphatic carbocycles. The van der Waals surface area contributed by atoms with Crippen molar-refractivity contribution in [3.8, 4) is 0 Å². The van der Waals surface area contributed by atoms with E-state index in [9.17, 15) is 13.2 Å². The van der Waals surface area contributed by atoms with Crippen LogP contribution >= 0.6 is 11.3 Å². The fourth-order valence-corrected chi connectivity index (χ4v) is 4.88. The van der Waals surface area contributed by atoms with Gasteiger partial charge in [0.1, 0.15) is 0 Å². The molecular formula is C14H19F3N2S. The highest BCUT2D eigenvalue weighted by Gasteiger charge is 2.44. The Kier molecular flexibility index (Phi) is 3.79. The Morgan fingerprint density at radius 1 is 1.40 bits per heavy atom. The molecule has 1 heterocycles. The van der Waals surface area contributed by atoms with E-state index in [1.165, 1.54) is 25.5 Å². The summed E-state index contributed by atoms with van der Waals surface area (Å²) >= 11 is 0.803. The summed E-state index contributed by atoms with van der Waals surface area (Å²) in [6.45, 7) is 2.78. The summed E-state index contributed by atoms with van der Waals surface area (Å²) in [6, 6.07) is 0.0453. The molecular weight excluding hydrogens is 285 g/mol. The van der Waals surface area contributed by atoms with Gasteiger partial charge in [-0.1, -0.05) is 13.3 Å². The minimum absolute atomic E-state index is 0.0453. The molecule has 0 saturated heterocycles. The molecule has 0 amide bonds. The number of halogens is 3. The van der Waals surface area contributed by atoms with Gasteiger partial charge in [0, 0.05) is 17.1 Å². The second kappa shape index (κ2) is 5.30. The summed E-state index contributed by atoms with van der Waals surface area (Å²) in [4.78, 5) is 4.32. The quantitative estimate of drug-likeness (QED) is 0.899. The molecule has 2 aliphatic rings. The van der Waals surface area contributed by atoms with Crippen LogP contribution in [0.5, 0.6) is 0 Å². The SMILES string of the molecule is CCNC(c1cnc(C(F)(F)F)s1)C1CC2CCC1C2. The second-order valence-electron chi connectivity index (χ2n) is 5.94. The highest BCUT2D eigenvalue weighted by molar-refractivity contribution is 7.11. The van der Waals surface area contributed by atoms with Crippen molar-refractivity contribution in [2.24, 2.45) is 17.8 Å². The van der Waals surface area contributed by atoms with Gasteiger partial charge in [-0.3, -0.25) is 0 Å². The maximum absolute atomic E-state index is 12.7. The summed E-state index contributed by atoms with van der Waals surface area (Å²) in [5.41, 5.74) is 0. The Labute approximate surface area is 120 Å². The molecule has 2 nitrogen and oxygen atoms in total. The Morgan fingerprint density at radius 3 is 2.70 bits per heavy atom. The predicted molar refractivity (Wildman–Crippen MR) is 72.5 cm³/mol. The Balaban J connectivity index is 1.82. The number of nitrogens with zero attached hydrogens (tertiary/aromatic N) is 1. The molecule has 0 spiro atoms. The van der Waals surface area contributed by atoms with Crippen LogP contribution in [0.25, 0.3) is 0 Å². The molecule has 2 saturated carbocycles. The summed E-state index contributed by atoms with van der Waals surface area (Å²) < 4.78 is 38.1. The van der Waals surface area contributed by atoms with Crippen LogP contribution in [0.15, 0.2) is 6.20 Å². The van der Waals surface area contributed by atoms with Crippen molar-refractivity contribution in [1.82, 2.24) is 10.3 Å². The van der Waals surface area contributed by atoms with E-state index >= 15 is 0 Å². The average molecular weight is 304 g/mol. The molecule has 3 rings (SSSR count). The van der Waals surface area contributed by atoms with Gasteiger partial charge in [0.05, 0.1) is 0 Å². The number of fused-ring (bicyclic) bond motifs is 2. The Hall–Kier alpha value is -0.620. The van der Waals surface area contributed by atoms with E-state index in [0.717, 1.165) is 35.1 Å². The number of hydrogen-bond acceptors (Lipinski definition) is 3. The van der Waals surface area contributed by atoms with Gasteiger partial charge in [0.15, 0.2) is 5.01 Å². The van der Waals surface area contributed by atoms with Crippen molar-refractivity contribution in [2.75, 3.05) is 6.54 Å². The van der Waals surface area contributed by atoms with Crippen LogP contribution in [0.3, 0.4) is 0 Å². The zero-order valence-electron chi connectivity index (χ0n) is 11.4. The van der Waals surface area contributed by atoms with Gasteiger partial charge < -0.3 is 5.32 Å². The highest BCUT2D eigenvalue weighted by Crippen LogP contribution is 2.53. The molecule has 2 fully saturated rings. The van der Waals surface area contributed by atoms with Crippen LogP contribution in [-0.4, -0.2) is 11.5 Å². The maximum Gasteiger partial charge on any atom is 0.443 e. The van der Waals surface area contributed by atoms with Gasteiger partial charge in [-0.05, 0) is 43.6 Å². The lowest BCUT2D eigenvalue weighted by atomic mass is 9.83. The van der Waals surface area contributed by atoms with Crippen molar-refractivity contribution in [3.05, 3.63) is 16.1 Å². The minimum Gasteiger partial charge on any atom is -0.309 e. The normalized spacial score (nSPS) is 30.9. The lowest BCUT2D eigenvalue weighted by Gasteiger charge is -2.30. The van der Waals surface area contributed by atoms with Crippen LogP contribution in [0, 0.1) is 17.8 Å². The lowest BCUT2D eigenvalue weighted by molar-refractivity contribution is -0.137. The van der Waals surface area contributed by atoms with Gasteiger partial charge in [0.25, 0.3) is 0 Å². The van der Waals surface area contributed by atoms with Gasteiger partial charge in [-0.15, -0.1) is 11.3 Å². The number of aromatic nitrogens is 1. The lowest BCUT2D eigenvalue weighted by Crippen LogP contribution is -2.30. The van der Waals surface area contributed by atoms with Crippen LogP contribution in [-0.2, 0) is 6.18 Å². The first kappa shape index (κ1) is 14.3. The number of hydrogen-bond donors (Lipinski definition) is 1. The van der Waals surface area contributed by atoms with Crippen molar-refractivity contribution < 1.29 is 13.2 Å². The molecule has 2 bridgehead atoms. The standard InChI is InChI=1S/C14H19F3N2S/c1-2-18-12(10-6-8-3-4-9(10)5-8)11-7-19-13(20-11)14(15,16)17/h7-10,12,18H,2-6H2,1H3. The van der Waals surface area contributed by atoms with Gasteiger partial charge in [-0.25, -0.2) is 4.98 Å². The molecule has 6 heteroatoms. The van der Waals surface area contributed by atoms with Gasteiger partial charge >= 0.3 is 6.18 Å². The van der Waals surface area contributed by atoms with Crippen molar-refractivity contribution >= 4 is 11.3 Å². The zero-order chi connectivity index (χ0) is 14.3. The van der Waals surface area contributed by atoms with Gasteiger partial charge in [0.2, 0.25) is 0 Å². The van der Waals surface area contributed by atoms with Crippen molar-refractivity contribution in [1.29, 1.82) is 0 Å². The second-order valence-corrected chi connectivity index (χ2v) is 7.00. The van der Waals surface area contributed by atoms with E-state index in [0.29, 0.717) is 11.8 Å². The third-order valence-electron chi connectivity index (χ3n) is 4.72. The molecule has 112 valence electrons. The van der Waals surface area contributed by atoms with E-state index in [1.807, 2.05) is 6.92 Å². The van der Waals surface area contributed by atoms with Crippen LogP contribution in [0.1, 0.15) is 48.5 Å². The fraction of sp³-hybridized carbons (Fsp3) is 0.786. The highest BCUT2D eigenvalue weighted by atomic mass is 32.1. The van der Waals surface area contributed by atoms with E-state index in [2.05, 4.69) is 10.3 Å². The third-order valence-corrected chi connectivity index (χ3v) is 5.84. The average Bonchev–Trinajstić information content (AvgIpc) is 3.09. The van der Waals surface area contributed by atoms with E-state index in [-0.39, 0.29) is 6.04 Å². The molecule has 0 aliphatic heterocycles. The number of nitrogens with one attached hydrogen (secondary N) is 1. The third kappa shape index (κ3) is 2.60. The smallest absolute Gasteiger partial charge is 0.309 e. The molecule has 1 N–H and O–H groups in total. The fourth-order valence-electron chi connectivity index (χ4n) is 3.95. The minimum atomic E-state index is -4.33. The summed E-state index contributed by atoms with van der Waals surface area (Å²) in [5, 5.41) is 2.67. The van der Waals surface area contributed by atoms with E-state index in [1.54, 1.807) is 0 Å². The first-order chi connectivity index (χ1) is 9.49. The van der Waals surface area contributed by atoms with Crippen molar-refractivity contribution in [3.63, 3.8) is 0 Å². The predicted octanol–water partition coefficient (Wildman–Crippen LogP) is 4.25. The molecule has 1 aromatic heterocycles. The van der Waals surface area contributed by atoms with Crippen LogP contribution < -0.4 is 5.32 Å². The molecule has 4 atom stereocenters. The van der Waals surface area contributed by atoms with E-state index < -0.39 is 11.2 Å². The Bertz CT molecular complexity index is 471. The van der Waals surface area contributed by atoms with E-state index in [4.69, 9.17) is 0 Å².